The van der Waals surface area contributed by atoms with Crippen molar-refractivity contribution in [2.75, 3.05) is 0 Å². The molecule has 0 spiro atoms. The van der Waals surface area contributed by atoms with Crippen LogP contribution in [0.5, 0.6) is 0 Å². The van der Waals surface area contributed by atoms with Gasteiger partial charge in [0.1, 0.15) is 5.82 Å². The molecule has 2 unspecified atom stereocenters. The summed E-state index contributed by atoms with van der Waals surface area (Å²) in [6.45, 7) is 2.00. The molecule has 1 saturated carbocycles. The van der Waals surface area contributed by atoms with E-state index in [0.29, 0.717) is 0 Å². The summed E-state index contributed by atoms with van der Waals surface area (Å²) in [5, 5.41) is 0.0961. The van der Waals surface area contributed by atoms with Crippen molar-refractivity contribution in [1.29, 1.82) is 0 Å². The Balaban J connectivity index is 2.29. The highest BCUT2D eigenvalue weighted by Gasteiger charge is 2.25. The van der Waals surface area contributed by atoms with Gasteiger partial charge in [0, 0.05) is 11.3 Å². The largest absolute Gasteiger partial charge is 0.207 e. The Morgan fingerprint density at radius 1 is 1.19 bits per heavy atom. The van der Waals surface area contributed by atoms with Crippen LogP contribution in [0, 0.1) is 12.7 Å². The van der Waals surface area contributed by atoms with Gasteiger partial charge in [-0.15, -0.1) is 11.6 Å². The lowest BCUT2D eigenvalue weighted by Crippen LogP contribution is -2.13. The van der Waals surface area contributed by atoms with Crippen LogP contribution in [-0.2, 0) is 0 Å². The summed E-state index contributed by atoms with van der Waals surface area (Å²) in [7, 11) is 0. The summed E-state index contributed by atoms with van der Waals surface area (Å²) in [5.74, 6) is 0.104. The van der Waals surface area contributed by atoms with Crippen LogP contribution in [0.25, 0.3) is 0 Å². The zero-order valence-electron chi connectivity index (χ0n) is 9.68. The lowest BCUT2D eigenvalue weighted by atomic mass is 9.90. The summed E-state index contributed by atoms with van der Waals surface area (Å²) >= 11 is 6.38. The normalized spacial score (nSPS) is 26.4. The van der Waals surface area contributed by atoms with E-state index in [0.717, 1.165) is 24.0 Å². The van der Waals surface area contributed by atoms with Crippen molar-refractivity contribution in [3.63, 3.8) is 0 Å². The molecular formula is C14H18ClF. The van der Waals surface area contributed by atoms with Gasteiger partial charge < -0.3 is 0 Å². The minimum absolute atomic E-state index is 0.0943. The molecule has 1 fully saturated rings. The van der Waals surface area contributed by atoms with E-state index in [2.05, 4.69) is 0 Å². The van der Waals surface area contributed by atoms with Gasteiger partial charge in [0.2, 0.25) is 0 Å². The molecule has 88 valence electrons. The molecule has 1 aromatic rings. The van der Waals surface area contributed by atoms with Crippen LogP contribution in [0.3, 0.4) is 0 Å². The van der Waals surface area contributed by atoms with E-state index in [9.17, 15) is 4.39 Å². The first-order chi connectivity index (χ1) is 7.68. The molecule has 0 nitrogen and oxygen atoms in total. The maximum Gasteiger partial charge on any atom is 0.126 e. The Bertz CT molecular complexity index is 362. The lowest BCUT2D eigenvalue weighted by molar-refractivity contribution is 0.541. The highest BCUT2D eigenvalue weighted by Crippen LogP contribution is 2.36. The second kappa shape index (κ2) is 5.18. The molecule has 0 aromatic heterocycles. The third-order valence-electron chi connectivity index (χ3n) is 3.48. The third kappa shape index (κ3) is 2.57. The van der Waals surface area contributed by atoms with Gasteiger partial charge in [-0.3, -0.25) is 0 Å². The molecular weight excluding hydrogens is 223 g/mol. The Morgan fingerprint density at radius 2 is 1.94 bits per heavy atom. The molecule has 1 aliphatic rings. The van der Waals surface area contributed by atoms with E-state index in [4.69, 9.17) is 11.6 Å². The van der Waals surface area contributed by atoms with Crippen molar-refractivity contribution in [2.45, 2.75) is 50.3 Å². The first-order valence-electron chi connectivity index (χ1n) is 6.08. The second-order valence-corrected chi connectivity index (χ2v) is 5.35. The molecule has 0 radical (unpaired) electrons. The number of alkyl halides is 1. The standard InChI is InChI=1S/C14H18ClF/c1-10-7-8-14(16)12(9-10)11-5-3-2-4-6-13(11)15/h7-9,11,13H,2-6H2,1H3. The van der Waals surface area contributed by atoms with Crippen molar-refractivity contribution in [3.05, 3.63) is 35.1 Å². The molecule has 2 atom stereocenters. The average Bonchev–Trinajstić information content (AvgIpc) is 2.47. The van der Waals surface area contributed by atoms with Gasteiger partial charge in [-0.25, -0.2) is 4.39 Å². The number of benzene rings is 1. The molecule has 2 rings (SSSR count). The fourth-order valence-electron chi connectivity index (χ4n) is 2.56. The van der Waals surface area contributed by atoms with Crippen LogP contribution < -0.4 is 0 Å². The summed E-state index contributed by atoms with van der Waals surface area (Å²) in [4.78, 5) is 0. The number of hydrogen-bond donors (Lipinski definition) is 0. The fraction of sp³-hybridized carbons (Fsp3) is 0.571. The molecule has 0 amide bonds. The van der Waals surface area contributed by atoms with Crippen LogP contribution in [0.1, 0.15) is 49.1 Å². The zero-order valence-corrected chi connectivity index (χ0v) is 10.4. The van der Waals surface area contributed by atoms with Gasteiger partial charge in [-0.05, 0) is 31.4 Å². The molecule has 0 bridgehead atoms. The van der Waals surface area contributed by atoms with Crippen LogP contribution in [0.2, 0.25) is 0 Å². The Hall–Kier alpha value is -0.560. The number of aryl methyl sites for hydroxylation is 1. The van der Waals surface area contributed by atoms with Crippen molar-refractivity contribution in [2.24, 2.45) is 0 Å². The van der Waals surface area contributed by atoms with E-state index < -0.39 is 0 Å². The smallest absolute Gasteiger partial charge is 0.126 e. The molecule has 1 aliphatic carbocycles. The predicted octanol–water partition coefficient (Wildman–Crippen LogP) is 4.79. The average molecular weight is 241 g/mol. The maximum absolute atomic E-state index is 13.8. The molecule has 1 aromatic carbocycles. The minimum Gasteiger partial charge on any atom is -0.207 e. The Labute approximate surface area is 102 Å². The summed E-state index contributed by atoms with van der Waals surface area (Å²) < 4.78 is 13.8. The van der Waals surface area contributed by atoms with Gasteiger partial charge in [-0.1, -0.05) is 37.0 Å². The number of rotatable bonds is 1. The number of hydrogen-bond acceptors (Lipinski definition) is 0. The first-order valence-corrected chi connectivity index (χ1v) is 6.52. The first kappa shape index (κ1) is 11.9. The van der Waals surface area contributed by atoms with E-state index in [-0.39, 0.29) is 17.1 Å². The molecule has 16 heavy (non-hydrogen) atoms. The topological polar surface area (TPSA) is 0 Å². The minimum atomic E-state index is -0.0943. The second-order valence-electron chi connectivity index (χ2n) is 4.79. The molecule has 0 N–H and O–H groups in total. The van der Waals surface area contributed by atoms with Gasteiger partial charge in [0.05, 0.1) is 0 Å². The van der Waals surface area contributed by atoms with Gasteiger partial charge in [-0.2, -0.15) is 0 Å². The maximum atomic E-state index is 13.8. The quantitative estimate of drug-likeness (QED) is 0.489. The monoisotopic (exact) mass is 240 g/mol. The summed E-state index contributed by atoms with van der Waals surface area (Å²) in [5.41, 5.74) is 1.94. The molecule has 0 aliphatic heterocycles. The predicted molar refractivity (Wildman–Crippen MR) is 66.6 cm³/mol. The Kier molecular flexibility index (Phi) is 3.86. The van der Waals surface area contributed by atoms with E-state index in [1.54, 1.807) is 6.07 Å². The zero-order chi connectivity index (χ0) is 11.5. The van der Waals surface area contributed by atoms with Crippen molar-refractivity contribution in [3.8, 4) is 0 Å². The molecule has 0 heterocycles. The van der Waals surface area contributed by atoms with Gasteiger partial charge in [0.25, 0.3) is 0 Å². The Morgan fingerprint density at radius 3 is 2.75 bits per heavy atom. The number of halogens is 2. The fourth-order valence-corrected chi connectivity index (χ4v) is 2.98. The summed E-state index contributed by atoms with van der Waals surface area (Å²) in [6.07, 6.45) is 5.61. The van der Waals surface area contributed by atoms with Crippen LogP contribution >= 0.6 is 11.6 Å². The summed E-state index contributed by atoms with van der Waals surface area (Å²) in [6, 6.07) is 5.35. The van der Waals surface area contributed by atoms with Crippen LogP contribution in [-0.4, -0.2) is 5.38 Å². The SMILES string of the molecule is Cc1ccc(F)c(C2CCCCCC2Cl)c1. The van der Waals surface area contributed by atoms with E-state index in [1.807, 2.05) is 19.1 Å². The molecule has 2 heteroatoms. The van der Waals surface area contributed by atoms with Gasteiger partial charge >= 0.3 is 0 Å². The van der Waals surface area contributed by atoms with E-state index in [1.165, 1.54) is 19.3 Å². The lowest BCUT2D eigenvalue weighted by Gasteiger charge is -2.21. The van der Waals surface area contributed by atoms with Crippen molar-refractivity contribution < 1.29 is 4.39 Å². The third-order valence-corrected chi connectivity index (χ3v) is 4.00. The highest BCUT2D eigenvalue weighted by molar-refractivity contribution is 6.21. The van der Waals surface area contributed by atoms with Crippen LogP contribution in [0.4, 0.5) is 4.39 Å². The molecule has 0 saturated heterocycles. The highest BCUT2D eigenvalue weighted by atomic mass is 35.5. The van der Waals surface area contributed by atoms with Crippen molar-refractivity contribution >= 4 is 11.6 Å². The van der Waals surface area contributed by atoms with Crippen LogP contribution in [0.15, 0.2) is 18.2 Å². The van der Waals surface area contributed by atoms with Crippen molar-refractivity contribution in [1.82, 2.24) is 0 Å². The van der Waals surface area contributed by atoms with Gasteiger partial charge in [0.15, 0.2) is 0 Å². The van der Waals surface area contributed by atoms with E-state index >= 15 is 0 Å².